The molecule has 2 N–H and O–H groups in total. The number of nitrogens with zero attached hydrogens (tertiary/aromatic N) is 4. The van der Waals surface area contributed by atoms with Crippen LogP contribution < -0.4 is 10.6 Å². The number of nitrogens with one attached hydrogen (secondary N) is 2. The van der Waals surface area contributed by atoms with E-state index >= 15 is 0 Å². The SMILES string of the molecule is CCc1c(NC)ncnc1NCCCCn1ccnc1. The smallest absolute Gasteiger partial charge is 0.134 e. The van der Waals surface area contributed by atoms with Gasteiger partial charge < -0.3 is 15.2 Å². The Morgan fingerprint density at radius 1 is 1.20 bits per heavy atom. The van der Waals surface area contributed by atoms with Crippen LogP contribution in [-0.2, 0) is 13.0 Å². The Morgan fingerprint density at radius 2 is 2.05 bits per heavy atom. The second-order valence-electron chi connectivity index (χ2n) is 4.59. The van der Waals surface area contributed by atoms with E-state index in [1.807, 2.05) is 25.8 Å². The average molecular weight is 274 g/mol. The summed E-state index contributed by atoms with van der Waals surface area (Å²) in [6.45, 7) is 4.04. The molecule has 0 radical (unpaired) electrons. The lowest BCUT2D eigenvalue weighted by atomic mass is 10.2. The van der Waals surface area contributed by atoms with E-state index in [0.29, 0.717) is 0 Å². The summed E-state index contributed by atoms with van der Waals surface area (Å²) in [7, 11) is 1.89. The van der Waals surface area contributed by atoms with Gasteiger partial charge in [-0.05, 0) is 19.3 Å². The molecule has 6 heteroatoms. The first-order chi connectivity index (χ1) is 9.85. The van der Waals surface area contributed by atoms with Crippen molar-refractivity contribution >= 4 is 11.6 Å². The molecule has 0 aromatic carbocycles. The first kappa shape index (κ1) is 14.3. The minimum Gasteiger partial charge on any atom is -0.373 e. The van der Waals surface area contributed by atoms with Crippen molar-refractivity contribution in [3.05, 3.63) is 30.6 Å². The summed E-state index contributed by atoms with van der Waals surface area (Å²) in [5.41, 5.74) is 1.14. The van der Waals surface area contributed by atoms with Gasteiger partial charge in [0.15, 0.2) is 0 Å². The first-order valence-corrected chi connectivity index (χ1v) is 7.06. The fourth-order valence-electron chi connectivity index (χ4n) is 2.16. The predicted octanol–water partition coefficient (Wildman–Crippen LogP) is 2.17. The Morgan fingerprint density at radius 3 is 2.75 bits per heavy atom. The van der Waals surface area contributed by atoms with Gasteiger partial charge in [0.25, 0.3) is 0 Å². The second-order valence-corrected chi connectivity index (χ2v) is 4.59. The van der Waals surface area contributed by atoms with E-state index in [4.69, 9.17) is 0 Å². The molecule has 2 rings (SSSR count). The van der Waals surface area contributed by atoms with E-state index in [2.05, 4.69) is 37.1 Å². The van der Waals surface area contributed by atoms with Crippen LogP contribution in [0.4, 0.5) is 11.6 Å². The monoisotopic (exact) mass is 274 g/mol. The molecule has 0 saturated heterocycles. The van der Waals surface area contributed by atoms with Gasteiger partial charge in [-0.2, -0.15) is 0 Å². The van der Waals surface area contributed by atoms with E-state index < -0.39 is 0 Å². The number of imidazole rings is 1. The Hall–Kier alpha value is -2.11. The van der Waals surface area contributed by atoms with E-state index in [-0.39, 0.29) is 0 Å². The van der Waals surface area contributed by atoms with Gasteiger partial charge in [0.05, 0.1) is 6.33 Å². The number of hydrogen-bond donors (Lipinski definition) is 2. The number of aryl methyl sites for hydroxylation is 1. The standard InChI is InChI=1S/C14H22N6/c1-3-12-13(15-2)18-10-19-14(12)17-6-4-5-8-20-9-7-16-11-20/h7,9-11H,3-6,8H2,1-2H3,(H2,15,17,18,19). The quantitative estimate of drug-likeness (QED) is 0.722. The average Bonchev–Trinajstić information content (AvgIpc) is 2.99. The third-order valence-corrected chi connectivity index (χ3v) is 3.23. The van der Waals surface area contributed by atoms with Crippen LogP contribution in [0.5, 0.6) is 0 Å². The zero-order valence-electron chi connectivity index (χ0n) is 12.1. The fraction of sp³-hybridized carbons (Fsp3) is 0.500. The van der Waals surface area contributed by atoms with Crippen molar-refractivity contribution in [1.29, 1.82) is 0 Å². The topological polar surface area (TPSA) is 67.7 Å². The van der Waals surface area contributed by atoms with Gasteiger partial charge >= 0.3 is 0 Å². The fourth-order valence-corrected chi connectivity index (χ4v) is 2.16. The van der Waals surface area contributed by atoms with Crippen molar-refractivity contribution in [2.45, 2.75) is 32.7 Å². The molecule has 0 aliphatic rings. The highest BCUT2D eigenvalue weighted by Gasteiger charge is 2.07. The molecule has 0 unspecified atom stereocenters. The molecule has 2 aromatic heterocycles. The molecule has 0 fully saturated rings. The molecule has 0 aliphatic heterocycles. The van der Waals surface area contributed by atoms with Gasteiger partial charge in [-0.15, -0.1) is 0 Å². The molecule has 2 aromatic rings. The molecule has 0 saturated carbocycles. The lowest BCUT2D eigenvalue weighted by Crippen LogP contribution is -2.09. The Kier molecular flexibility index (Phi) is 5.34. The minimum absolute atomic E-state index is 0.906. The number of anilines is 2. The van der Waals surface area contributed by atoms with Gasteiger partial charge in [-0.3, -0.25) is 0 Å². The van der Waals surface area contributed by atoms with Gasteiger partial charge in [0, 0.05) is 38.1 Å². The van der Waals surface area contributed by atoms with Crippen LogP contribution in [0.3, 0.4) is 0 Å². The highest BCUT2D eigenvalue weighted by molar-refractivity contribution is 5.56. The molecule has 0 amide bonds. The van der Waals surface area contributed by atoms with Gasteiger partial charge in [0.1, 0.15) is 18.0 Å². The summed E-state index contributed by atoms with van der Waals surface area (Å²) >= 11 is 0. The van der Waals surface area contributed by atoms with Crippen LogP contribution in [0.15, 0.2) is 25.0 Å². The molecule has 20 heavy (non-hydrogen) atoms. The van der Waals surface area contributed by atoms with Gasteiger partial charge in [-0.1, -0.05) is 6.92 Å². The number of rotatable bonds is 8. The lowest BCUT2D eigenvalue weighted by molar-refractivity contribution is 0.620. The third-order valence-electron chi connectivity index (χ3n) is 3.23. The van der Waals surface area contributed by atoms with Crippen molar-refractivity contribution in [2.24, 2.45) is 0 Å². The highest BCUT2D eigenvalue weighted by Crippen LogP contribution is 2.19. The Balaban J connectivity index is 1.79. The van der Waals surface area contributed by atoms with Crippen LogP contribution >= 0.6 is 0 Å². The predicted molar refractivity (Wildman–Crippen MR) is 80.9 cm³/mol. The maximum absolute atomic E-state index is 4.33. The molecule has 0 atom stereocenters. The molecular weight excluding hydrogens is 252 g/mol. The van der Waals surface area contributed by atoms with Crippen molar-refractivity contribution in [2.75, 3.05) is 24.2 Å². The molecule has 0 bridgehead atoms. The first-order valence-electron chi connectivity index (χ1n) is 7.06. The molecule has 108 valence electrons. The van der Waals surface area contributed by atoms with Crippen molar-refractivity contribution < 1.29 is 0 Å². The summed E-state index contributed by atoms with van der Waals surface area (Å²) in [5.74, 6) is 1.85. The summed E-state index contributed by atoms with van der Waals surface area (Å²) < 4.78 is 2.10. The summed E-state index contributed by atoms with van der Waals surface area (Å²) in [5, 5.41) is 6.51. The normalized spacial score (nSPS) is 10.5. The van der Waals surface area contributed by atoms with E-state index in [1.165, 1.54) is 0 Å². The summed E-state index contributed by atoms with van der Waals surface area (Å²) in [6, 6.07) is 0. The van der Waals surface area contributed by atoms with Crippen molar-refractivity contribution in [3.8, 4) is 0 Å². The molecule has 2 heterocycles. The van der Waals surface area contributed by atoms with E-state index in [1.54, 1.807) is 6.33 Å². The van der Waals surface area contributed by atoms with Gasteiger partial charge in [0.2, 0.25) is 0 Å². The minimum atomic E-state index is 0.906. The lowest BCUT2D eigenvalue weighted by Gasteiger charge is -2.12. The molecule has 0 spiro atoms. The Bertz CT molecular complexity index is 508. The zero-order chi connectivity index (χ0) is 14.2. The largest absolute Gasteiger partial charge is 0.373 e. The molecule has 0 aliphatic carbocycles. The van der Waals surface area contributed by atoms with Crippen LogP contribution in [0.1, 0.15) is 25.3 Å². The number of unbranched alkanes of at least 4 members (excludes halogenated alkanes) is 1. The van der Waals surface area contributed by atoms with Crippen molar-refractivity contribution in [1.82, 2.24) is 19.5 Å². The maximum atomic E-state index is 4.33. The van der Waals surface area contributed by atoms with Crippen molar-refractivity contribution in [3.63, 3.8) is 0 Å². The molecule has 6 nitrogen and oxygen atoms in total. The maximum Gasteiger partial charge on any atom is 0.134 e. The van der Waals surface area contributed by atoms with Crippen LogP contribution in [0.25, 0.3) is 0 Å². The molecular formula is C14H22N6. The summed E-state index contributed by atoms with van der Waals surface area (Å²) in [6.07, 6.45) is 10.4. The third kappa shape index (κ3) is 3.69. The zero-order valence-corrected chi connectivity index (χ0v) is 12.1. The van der Waals surface area contributed by atoms with Crippen LogP contribution in [0, 0.1) is 0 Å². The van der Waals surface area contributed by atoms with E-state index in [0.717, 1.165) is 49.6 Å². The van der Waals surface area contributed by atoms with Crippen LogP contribution in [0.2, 0.25) is 0 Å². The number of hydrogen-bond acceptors (Lipinski definition) is 5. The van der Waals surface area contributed by atoms with Gasteiger partial charge in [-0.25, -0.2) is 15.0 Å². The Labute approximate surface area is 119 Å². The highest BCUT2D eigenvalue weighted by atomic mass is 15.1. The van der Waals surface area contributed by atoms with E-state index in [9.17, 15) is 0 Å². The van der Waals surface area contributed by atoms with Crippen LogP contribution in [-0.4, -0.2) is 33.1 Å². The number of aromatic nitrogens is 4. The summed E-state index contributed by atoms with van der Waals surface area (Å²) in [4.78, 5) is 12.6. The second kappa shape index (κ2) is 7.47.